The molecule has 0 heterocycles. The van der Waals surface area contributed by atoms with Crippen molar-refractivity contribution in [2.24, 2.45) is 0 Å². The first-order valence-electron chi connectivity index (χ1n) is 7.06. The highest BCUT2D eigenvalue weighted by molar-refractivity contribution is 5.87. The average Bonchev–Trinajstić information content (AvgIpc) is 3.16. The minimum absolute atomic E-state index is 0.100. The molecule has 0 unspecified atom stereocenters. The van der Waals surface area contributed by atoms with Gasteiger partial charge in [0.2, 0.25) is 0 Å². The number of hydrogen-bond acceptors (Lipinski definition) is 3. The number of hydrogen-bond donors (Lipinski definition) is 1. The maximum atomic E-state index is 12.3. The molecule has 0 aliphatic heterocycles. The molecule has 1 aromatic rings. The minimum atomic E-state index is -0.432. The van der Waals surface area contributed by atoms with Crippen molar-refractivity contribution in [2.75, 3.05) is 11.9 Å². The summed E-state index contributed by atoms with van der Waals surface area (Å²) in [6.07, 6.45) is 3.57. The van der Waals surface area contributed by atoms with Crippen molar-refractivity contribution in [3.05, 3.63) is 42.5 Å². The summed E-state index contributed by atoms with van der Waals surface area (Å²) < 4.78 is 5.55. The number of benzene rings is 1. The van der Waals surface area contributed by atoms with Crippen LogP contribution in [-0.4, -0.2) is 18.1 Å². The molecular weight excluding hydrogens is 250 g/mol. The zero-order chi connectivity index (χ0) is 14.8. The molecule has 3 nitrogen and oxygen atoms in total. The maximum Gasteiger partial charge on any atom is 0.317 e. The van der Waals surface area contributed by atoms with E-state index in [1.807, 2.05) is 51.1 Å². The third-order valence-electron chi connectivity index (χ3n) is 3.43. The van der Waals surface area contributed by atoms with Crippen LogP contribution in [0.5, 0.6) is 0 Å². The van der Waals surface area contributed by atoms with Crippen LogP contribution in [0, 0.1) is 0 Å². The second-order valence-electron chi connectivity index (χ2n) is 6.33. The summed E-state index contributed by atoms with van der Waals surface area (Å²) in [6, 6.07) is 8.04. The number of carbonyl (C=O) groups excluding carboxylic acids is 1. The van der Waals surface area contributed by atoms with Gasteiger partial charge in [-0.25, -0.2) is 0 Å². The van der Waals surface area contributed by atoms with Gasteiger partial charge in [0.05, 0.1) is 5.41 Å². The molecule has 1 fully saturated rings. The Morgan fingerprint density at radius 3 is 2.40 bits per heavy atom. The van der Waals surface area contributed by atoms with Gasteiger partial charge < -0.3 is 10.1 Å². The molecular formula is C17H23NO2. The van der Waals surface area contributed by atoms with Gasteiger partial charge in [-0.1, -0.05) is 18.2 Å². The Labute approximate surface area is 121 Å². The SMILES string of the molecule is C=CCNc1ccc(C2(C(=O)OC(C)(C)C)CC2)cc1. The predicted octanol–water partition coefficient (Wildman–Crippen LogP) is 3.66. The molecule has 1 saturated carbocycles. The van der Waals surface area contributed by atoms with Crippen LogP contribution in [-0.2, 0) is 14.9 Å². The molecule has 1 aromatic carbocycles. The molecule has 108 valence electrons. The Morgan fingerprint density at radius 1 is 1.35 bits per heavy atom. The van der Waals surface area contributed by atoms with Gasteiger partial charge >= 0.3 is 5.97 Å². The number of ether oxygens (including phenoxy) is 1. The van der Waals surface area contributed by atoms with Gasteiger partial charge in [-0.15, -0.1) is 6.58 Å². The molecule has 2 rings (SSSR count). The van der Waals surface area contributed by atoms with Gasteiger partial charge in [0, 0.05) is 12.2 Å². The first-order valence-corrected chi connectivity index (χ1v) is 7.06. The molecule has 0 atom stereocenters. The van der Waals surface area contributed by atoms with Crippen molar-refractivity contribution in [2.45, 2.75) is 44.6 Å². The largest absolute Gasteiger partial charge is 0.459 e. The van der Waals surface area contributed by atoms with E-state index in [4.69, 9.17) is 4.74 Å². The molecule has 0 saturated heterocycles. The molecule has 20 heavy (non-hydrogen) atoms. The van der Waals surface area contributed by atoms with E-state index in [2.05, 4.69) is 11.9 Å². The Hall–Kier alpha value is -1.77. The van der Waals surface area contributed by atoms with Crippen molar-refractivity contribution in [3.8, 4) is 0 Å². The lowest BCUT2D eigenvalue weighted by Gasteiger charge is -2.24. The topological polar surface area (TPSA) is 38.3 Å². The van der Waals surface area contributed by atoms with Crippen molar-refractivity contribution in [1.82, 2.24) is 0 Å². The Bertz CT molecular complexity index is 493. The number of rotatable bonds is 5. The summed E-state index contributed by atoms with van der Waals surface area (Å²) in [5.74, 6) is -0.100. The first kappa shape index (κ1) is 14.6. The summed E-state index contributed by atoms with van der Waals surface area (Å²) in [7, 11) is 0. The summed E-state index contributed by atoms with van der Waals surface area (Å²) in [6.45, 7) is 10.1. The predicted molar refractivity (Wildman–Crippen MR) is 81.9 cm³/mol. The van der Waals surface area contributed by atoms with E-state index in [1.165, 1.54) is 0 Å². The van der Waals surface area contributed by atoms with Crippen LogP contribution < -0.4 is 5.32 Å². The summed E-state index contributed by atoms with van der Waals surface area (Å²) in [4.78, 5) is 12.3. The minimum Gasteiger partial charge on any atom is -0.459 e. The molecule has 0 radical (unpaired) electrons. The van der Waals surface area contributed by atoms with E-state index in [0.29, 0.717) is 0 Å². The molecule has 0 aromatic heterocycles. The van der Waals surface area contributed by atoms with Crippen molar-refractivity contribution in [3.63, 3.8) is 0 Å². The fourth-order valence-corrected chi connectivity index (χ4v) is 2.21. The van der Waals surface area contributed by atoms with Gasteiger partial charge in [-0.2, -0.15) is 0 Å². The van der Waals surface area contributed by atoms with Crippen molar-refractivity contribution in [1.29, 1.82) is 0 Å². The highest BCUT2D eigenvalue weighted by Gasteiger charge is 2.53. The second-order valence-corrected chi connectivity index (χ2v) is 6.33. The molecule has 1 N–H and O–H groups in total. The molecule has 1 aliphatic carbocycles. The summed E-state index contributed by atoms with van der Waals surface area (Å²) >= 11 is 0. The van der Waals surface area contributed by atoms with Crippen LogP contribution in [0.3, 0.4) is 0 Å². The summed E-state index contributed by atoms with van der Waals surface area (Å²) in [5.41, 5.74) is 1.24. The smallest absolute Gasteiger partial charge is 0.317 e. The van der Waals surface area contributed by atoms with Crippen molar-refractivity contribution < 1.29 is 9.53 Å². The van der Waals surface area contributed by atoms with Gasteiger partial charge in [-0.3, -0.25) is 4.79 Å². The lowest BCUT2D eigenvalue weighted by molar-refractivity contribution is -0.158. The molecule has 0 bridgehead atoms. The van der Waals surface area contributed by atoms with Crippen LogP contribution in [0.2, 0.25) is 0 Å². The lowest BCUT2D eigenvalue weighted by Crippen LogP contribution is -2.31. The zero-order valence-corrected chi connectivity index (χ0v) is 12.5. The monoisotopic (exact) mass is 273 g/mol. The Balaban J connectivity index is 2.10. The van der Waals surface area contributed by atoms with E-state index in [0.717, 1.165) is 30.6 Å². The first-order chi connectivity index (χ1) is 9.37. The van der Waals surface area contributed by atoms with E-state index in [1.54, 1.807) is 0 Å². The highest BCUT2D eigenvalue weighted by Crippen LogP contribution is 2.50. The lowest BCUT2D eigenvalue weighted by atomic mass is 9.95. The number of nitrogens with one attached hydrogen (secondary N) is 1. The van der Waals surface area contributed by atoms with E-state index >= 15 is 0 Å². The third kappa shape index (κ3) is 3.21. The van der Waals surface area contributed by atoms with Gasteiger partial charge in [-0.05, 0) is 51.3 Å². The van der Waals surface area contributed by atoms with Crippen LogP contribution in [0.25, 0.3) is 0 Å². The van der Waals surface area contributed by atoms with E-state index in [9.17, 15) is 4.79 Å². The standard InChI is InChI=1S/C17H23NO2/c1-5-12-18-14-8-6-13(7-9-14)17(10-11-17)15(19)20-16(2,3)4/h5-9,18H,1,10-12H2,2-4H3. The average molecular weight is 273 g/mol. The van der Waals surface area contributed by atoms with Gasteiger partial charge in [0.25, 0.3) is 0 Å². The quantitative estimate of drug-likeness (QED) is 0.657. The maximum absolute atomic E-state index is 12.3. The van der Waals surface area contributed by atoms with Gasteiger partial charge in [0.15, 0.2) is 0 Å². The normalized spacial score (nSPS) is 16.4. The number of esters is 1. The number of carbonyl (C=O) groups is 1. The molecule has 1 aliphatic rings. The Morgan fingerprint density at radius 2 is 1.95 bits per heavy atom. The fourth-order valence-electron chi connectivity index (χ4n) is 2.21. The van der Waals surface area contributed by atoms with Crippen LogP contribution in [0.4, 0.5) is 5.69 Å². The molecule has 0 amide bonds. The van der Waals surface area contributed by atoms with E-state index < -0.39 is 11.0 Å². The van der Waals surface area contributed by atoms with Crippen LogP contribution in [0.1, 0.15) is 39.2 Å². The molecule has 3 heteroatoms. The van der Waals surface area contributed by atoms with Crippen LogP contribution >= 0.6 is 0 Å². The highest BCUT2D eigenvalue weighted by atomic mass is 16.6. The third-order valence-corrected chi connectivity index (χ3v) is 3.43. The molecule has 0 spiro atoms. The summed E-state index contributed by atoms with van der Waals surface area (Å²) in [5, 5.41) is 3.23. The second kappa shape index (κ2) is 5.31. The fraction of sp³-hybridized carbons (Fsp3) is 0.471. The van der Waals surface area contributed by atoms with E-state index in [-0.39, 0.29) is 5.97 Å². The number of anilines is 1. The van der Waals surface area contributed by atoms with Gasteiger partial charge in [0.1, 0.15) is 5.60 Å². The zero-order valence-electron chi connectivity index (χ0n) is 12.5. The Kier molecular flexibility index (Phi) is 3.89. The van der Waals surface area contributed by atoms with Crippen LogP contribution in [0.15, 0.2) is 36.9 Å². The van der Waals surface area contributed by atoms with Crippen molar-refractivity contribution >= 4 is 11.7 Å².